The maximum atomic E-state index is 10.3. The highest BCUT2D eigenvalue weighted by Gasteiger charge is 2.31. The molecule has 1 unspecified atom stereocenters. The van der Waals surface area contributed by atoms with Crippen molar-refractivity contribution in [3.8, 4) is 0 Å². The molecule has 5 heteroatoms. The minimum atomic E-state index is -0.734. The molecule has 1 atom stereocenters. The lowest BCUT2D eigenvalue weighted by molar-refractivity contribution is 0.0569. The highest BCUT2D eigenvalue weighted by molar-refractivity contribution is 5.83. The van der Waals surface area contributed by atoms with Crippen LogP contribution < -0.4 is 0 Å². The number of fused-ring (bicyclic) bond motifs is 1. The van der Waals surface area contributed by atoms with E-state index in [-0.39, 0.29) is 12.7 Å². The van der Waals surface area contributed by atoms with Gasteiger partial charge in [-0.3, -0.25) is 0 Å². The van der Waals surface area contributed by atoms with Gasteiger partial charge in [-0.05, 0) is 0 Å². The van der Waals surface area contributed by atoms with Gasteiger partial charge in [0.05, 0.1) is 0 Å². The summed E-state index contributed by atoms with van der Waals surface area (Å²) < 4.78 is 13.6. The lowest BCUT2D eigenvalue weighted by atomic mass is 10.6. The van der Waals surface area contributed by atoms with Crippen molar-refractivity contribution in [1.29, 1.82) is 0 Å². The number of hydrogen-bond acceptors (Lipinski definition) is 5. The Labute approximate surface area is 50.2 Å². The van der Waals surface area contributed by atoms with Gasteiger partial charge in [-0.1, -0.05) is 0 Å². The minimum Gasteiger partial charge on any atom is -0.444 e. The van der Waals surface area contributed by atoms with Crippen LogP contribution in [-0.4, -0.2) is 25.1 Å². The molecule has 2 aliphatic heterocycles. The molecule has 0 fully saturated rings. The Balaban J connectivity index is 2.25. The molecule has 0 radical (unpaired) electrons. The molecule has 0 saturated heterocycles. The van der Waals surface area contributed by atoms with Gasteiger partial charge in [-0.2, -0.15) is 4.99 Å². The van der Waals surface area contributed by atoms with Crippen molar-refractivity contribution in [2.75, 3.05) is 6.61 Å². The molecule has 2 heterocycles. The summed E-state index contributed by atoms with van der Waals surface area (Å²) in [7, 11) is 0. The Morgan fingerprint density at radius 2 is 2.56 bits per heavy atom. The third-order valence-electron chi connectivity index (χ3n) is 1.00. The van der Waals surface area contributed by atoms with Crippen LogP contribution >= 0.6 is 0 Å². The van der Waals surface area contributed by atoms with Gasteiger partial charge >= 0.3 is 12.2 Å². The summed E-state index contributed by atoms with van der Waals surface area (Å²) in [4.78, 5) is 14.0. The lowest BCUT2D eigenvalue weighted by Gasteiger charge is -2.06. The maximum Gasteiger partial charge on any atom is 0.519 e. The van der Waals surface area contributed by atoms with Gasteiger partial charge in [-0.25, -0.2) is 4.79 Å². The van der Waals surface area contributed by atoms with E-state index in [0.717, 1.165) is 0 Å². The predicted molar refractivity (Wildman–Crippen MR) is 24.7 cm³/mol. The second-order valence-electron chi connectivity index (χ2n) is 1.63. The molecule has 5 nitrogen and oxygen atoms in total. The third kappa shape index (κ3) is 0.611. The summed E-state index contributed by atoms with van der Waals surface area (Å²) >= 11 is 0. The van der Waals surface area contributed by atoms with Crippen molar-refractivity contribution in [3.63, 3.8) is 0 Å². The van der Waals surface area contributed by atoms with Gasteiger partial charge < -0.3 is 14.2 Å². The van der Waals surface area contributed by atoms with E-state index in [1.807, 2.05) is 0 Å². The standard InChI is InChI=1S/C4H3NO4/c6-4-8-2-1-7-3(5-2)9-4/h2H,1H2. The molecule has 0 amide bonds. The van der Waals surface area contributed by atoms with E-state index in [0.29, 0.717) is 0 Å². The molecule has 0 aliphatic carbocycles. The van der Waals surface area contributed by atoms with Crippen LogP contribution in [0.25, 0.3) is 0 Å². The SMILES string of the molecule is O=C1OC2=NC(CO2)O1. The average molecular weight is 129 g/mol. The van der Waals surface area contributed by atoms with Gasteiger partial charge in [-0.15, -0.1) is 0 Å². The second kappa shape index (κ2) is 1.37. The van der Waals surface area contributed by atoms with E-state index in [4.69, 9.17) is 4.74 Å². The summed E-state index contributed by atoms with van der Waals surface area (Å²) in [5, 5.41) is 0. The fourth-order valence-electron chi connectivity index (χ4n) is 0.657. The third-order valence-corrected chi connectivity index (χ3v) is 1.00. The maximum absolute atomic E-state index is 10.3. The van der Waals surface area contributed by atoms with Crippen LogP contribution in [0.15, 0.2) is 4.99 Å². The molecule has 0 aromatic carbocycles. The fraction of sp³-hybridized carbons (Fsp3) is 0.500. The van der Waals surface area contributed by atoms with Gasteiger partial charge in [0.1, 0.15) is 0 Å². The molecule has 0 aromatic heterocycles. The summed E-state index contributed by atoms with van der Waals surface area (Å²) in [5.74, 6) is 0. The number of rotatable bonds is 0. The first-order chi connectivity index (χ1) is 4.34. The minimum absolute atomic E-state index is 0.0243. The zero-order chi connectivity index (χ0) is 6.27. The van der Waals surface area contributed by atoms with E-state index < -0.39 is 12.4 Å². The van der Waals surface area contributed by atoms with E-state index >= 15 is 0 Å². The Morgan fingerprint density at radius 1 is 1.67 bits per heavy atom. The van der Waals surface area contributed by atoms with Gasteiger partial charge in [0.25, 0.3) is 0 Å². The van der Waals surface area contributed by atoms with Gasteiger partial charge in [0.15, 0.2) is 6.61 Å². The normalized spacial score (nSPS) is 30.0. The summed E-state index contributed by atoms with van der Waals surface area (Å²) in [6.07, 6.45) is -1.18. The van der Waals surface area contributed by atoms with Crippen molar-refractivity contribution in [1.82, 2.24) is 0 Å². The monoisotopic (exact) mass is 129 g/mol. The number of carbonyl (C=O) groups is 1. The molecule has 2 bridgehead atoms. The van der Waals surface area contributed by atoms with E-state index in [1.54, 1.807) is 0 Å². The molecular weight excluding hydrogens is 126 g/mol. The van der Waals surface area contributed by atoms with Gasteiger partial charge in [0.2, 0.25) is 6.23 Å². The van der Waals surface area contributed by atoms with Crippen molar-refractivity contribution < 1.29 is 19.0 Å². The van der Waals surface area contributed by atoms with Crippen LogP contribution in [0.2, 0.25) is 0 Å². The molecule has 9 heavy (non-hydrogen) atoms. The zero-order valence-corrected chi connectivity index (χ0v) is 4.36. The fourth-order valence-corrected chi connectivity index (χ4v) is 0.657. The summed E-state index contributed by atoms with van der Waals surface area (Å²) in [6.45, 7) is 0.279. The van der Waals surface area contributed by atoms with Crippen LogP contribution in [0.5, 0.6) is 0 Å². The number of nitrogens with zero attached hydrogens (tertiary/aromatic N) is 1. The average Bonchev–Trinajstić information content (AvgIpc) is 2.11. The molecule has 0 aromatic rings. The van der Waals surface area contributed by atoms with E-state index in [1.165, 1.54) is 0 Å². The Hall–Kier alpha value is -1.26. The van der Waals surface area contributed by atoms with Crippen molar-refractivity contribution in [2.24, 2.45) is 4.99 Å². The molecule has 0 saturated carbocycles. The predicted octanol–water partition coefficient (Wildman–Crippen LogP) is -0.134. The van der Waals surface area contributed by atoms with Crippen LogP contribution in [0.3, 0.4) is 0 Å². The first kappa shape index (κ1) is 4.60. The van der Waals surface area contributed by atoms with E-state index in [2.05, 4.69) is 14.5 Å². The Bertz CT molecular complexity index is 187. The highest BCUT2D eigenvalue weighted by atomic mass is 16.8. The molecular formula is C4H3NO4. The smallest absolute Gasteiger partial charge is 0.444 e. The quantitative estimate of drug-likeness (QED) is 0.427. The van der Waals surface area contributed by atoms with Crippen LogP contribution in [-0.2, 0) is 14.2 Å². The number of aliphatic imine (C=N–C) groups is 1. The number of carbonyl (C=O) groups excluding carboxylic acids is 1. The zero-order valence-electron chi connectivity index (χ0n) is 4.36. The van der Waals surface area contributed by atoms with Crippen LogP contribution in [0.1, 0.15) is 0 Å². The number of ether oxygens (including phenoxy) is 3. The molecule has 0 spiro atoms. The largest absolute Gasteiger partial charge is 0.519 e. The van der Waals surface area contributed by atoms with E-state index in [9.17, 15) is 4.79 Å². The topological polar surface area (TPSA) is 57.1 Å². The molecule has 0 N–H and O–H groups in total. The Morgan fingerprint density at radius 3 is 3.33 bits per heavy atom. The van der Waals surface area contributed by atoms with Gasteiger partial charge in [0, 0.05) is 0 Å². The van der Waals surface area contributed by atoms with Crippen molar-refractivity contribution in [3.05, 3.63) is 0 Å². The summed E-state index contributed by atoms with van der Waals surface area (Å²) in [5.41, 5.74) is 0. The Kier molecular flexibility index (Phi) is 0.700. The van der Waals surface area contributed by atoms with Crippen molar-refractivity contribution in [2.45, 2.75) is 6.23 Å². The summed E-state index contributed by atoms with van der Waals surface area (Å²) in [6, 6.07) is 0. The van der Waals surface area contributed by atoms with Crippen molar-refractivity contribution >= 4 is 12.2 Å². The highest BCUT2D eigenvalue weighted by Crippen LogP contribution is 2.13. The molecule has 2 aliphatic rings. The lowest BCUT2D eigenvalue weighted by Crippen LogP contribution is -2.20. The molecule has 48 valence electrons. The van der Waals surface area contributed by atoms with Crippen LogP contribution in [0, 0.1) is 0 Å². The second-order valence-corrected chi connectivity index (χ2v) is 1.63. The van der Waals surface area contributed by atoms with Crippen LogP contribution in [0.4, 0.5) is 4.79 Å². The first-order valence-corrected chi connectivity index (χ1v) is 2.44. The number of hydrogen-bond donors (Lipinski definition) is 0. The molecule has 2 rings (SSSR count). The first-order valence-electron chi connectivity index (χ1n) is 2.44.